The van der Waals surface area contributed by atoms with Crippen LogP contribution < -0.4 is 10.9 Å². The smallest absolute Gasteiger partial charge is 0.258 e. The quantitative estimate of drug-likeness (QED) is 0.800. The van der Waals surface area contributed by atoms with Crippen LogP contribution in [0.2, 0.25) is 5.15 Å². The molecule has 0 atom stereocenters. The Labute approximate surface area is 106 Å². The molecule has 0 fully saturated rings. The summed E-state index contributed by atoms with van der Waals surface area (Å²) in [5.41, 5.74) is -0.347. The number of pyridine rings is 2. The number of carbonyl (C=O) groups is 1. The van der Waals surface area contributed by atoms with Gasteiger partial charge in [0.2, 0.25) is 5.91 Å². The van der Waals surface area contributed by atoms with Gasteiger partial charge in [-0.2, -0.15) is 5.26 Å². The molecule has 0 unspecified atom stereocenters. The van der Waals surface area contributed by atoms with Crippen LogP contribution in [0.4, 0.5) is 5.82 Å². The van der Waals surface area contributed by atoms with E-state index in [1.807, 2.05) is 0 Å². The van der Waals surface area contributed by atoms with Gasteiger partial charge in [-0.05, 0) is 17.5 Å². The van der Waals surface area contributed by atoms with Crippen LogP contribution >= 0.6 is 11.6 Å². The van der Waals surface area contributed by atoms with E-state index < -0.39 is 5.91 Å². The van der Waals surface area contributed by atoms with Crippen LogP contribution in [0, 0.1) is 11.3 Å². The average molecular weight is 263 g/mol. The molecule has 0 radical (unpaired) electrons. The summed E-state index contributed by atoms with van der Waals surface area (Å²) in [5, 5.41) is 11.9. The number of hydrogen-bond acceptors (Lipinski definition) is 4. The molecule has 0 aliphatic heterocycles. The van der Waals surface area contributed by atoms with Crippen molar-refractivity contribution in [1.82, 2.24) is 9.97 Å². The average Bonchev–Trinajstić information content (AvgIpc) is 2.28. The first-order valence-electron chi connectivity index (χ1n) is 4.95. The van der Waals surface area contributed by atoms with Gasteiger partial charge >= 0.3 is 0 Å². The molecular formula is C11H7ClN4O2. The number of nitrogens with zero attached hydrogens (tertiary/aromatic N) is 2. The molecule has 90 valence electrons. The zero-order chi connectivity index (χ0) is 13.1. The molecule has 0 saturated carbocycles. The highest BCUT2D eigenvalue weighted by atomic mass is 35.5. The number of anilines is 1. The first-order chi connectivity index (χ1) is 8.60. The fraction of sp³-hybridized carbons (Fsp3) is 0.0909. The molecule has 0 bridgehead atoms. The second kappa shape index (κ2) is 4.85. The predicted molar refractivity (Wildman–Crippen MR) is 66.2 cm³/mol. The third kappa shape index (κ3) is 2.47. The van der Waals surface area contributed by atoms with E-state index in [2.05, 4.69) is 15.3 Å². The number of halogens is 1. The Balaban J connectivity index is 2.42. The lowest BCUT2D eigenvalue weighted by Gasteiger charge is -2.03. The van der Waals surface area contributed by atoms with Crippen LogP contribution in [0.1, 0.15) is 6.42 Å². The van der Waals surface area contributed by atoms with Crippen LogP contribution in [-0.4, -0.2) is 15.9 Å². The normalized spacial score (nSPS) is 10.0. The Morgan fingerprint density at radius 3 is 3.06 bits per heavy atom. The van der Waals surface area contributed by atoms with Gasteiger partial charge < -0.3 is 10.3 Å². The van der Waals surface area contributed by atoms with Crippen molar-refractivity contribution in [3.8, 4) is 6.07 Å². The third-order valence-electron chi connectivity index (χ3n) is 2.20. The minimum Gasteiger partial charge on any atom is -0.312 e. The summed E-state index contributed by atoms with van der Waals surface area (Å²) in [4.78, 5) is 29.1. The molecule has 6 nitrogen and oxygen atoms in total. The predicted octanol–water partition coefficient (Wildman–Crippen LogP) is 1.43. The number of aromatic amines is 1. The summed E-state index contributed by atoms with van der Waals surface area (Å²) in [5.74, 6) is -0.190. The Bertz CT molecular complexity index is 717. The molecule has 2 rings (SSSR count). The maximum absolute atomic E-state index is 11.5. The van der Waals surface area contributed by atoms with Crippen molar-refractivity contribution >= 4 is 34.1 Å². The SMILES string of the molecule is N#CCC(=O)Nc1cc2cc(Cl)[nH]c(=O)c2cn1. The highest BCUT2D eigenvalue weighted by Gasteiger charge is 2.06. The van der Waals surface area contributed by atoms with Gasteiger partial charge in [0.1, 0.15) is 17.4 Å². The van der Waals surface area contributed by atoms with Gasteiger partial charge in [-0.3, -0.25) is 9.59 Å². The number of fused-ring (bicyclic) bond motifs is 1. The van der Waals surface area contributed by atoms with E-state index in [4.69, 9.17) is 16.9 Å². The first kappa shape index (κ1) is 12.1. The Morgan fingerprint density at radius 1 is 1.56 bits per heavy atom. The summed E-state index contributed by atoms with van der Waals surface area (Å²) in [6.07, 6.45) is 1.09. The van der Waals surface area contributed by atoms with E-state index >= 15 is 0 Å². The van der Waals surface area contributed by atoms with Gasteiger partial charge in [0.05, 0.1) is 11.5 Å². The zero-order valence-corrected chi connectivity index (χ0v) is 9.78. The van der Waals surface area contributed by atoms with Crippen molar-refractivity contribution in [2.24, 2.45) is 0 Å². The number of hydrogen-bond donors (Lipinski definition) is 2. The van der Waals surface area contributed by atoms with Gasteiger partial charge in [-0.15, -0.1) is 0 Å². The molecular weight excluding hydrogens is 256 g/mol. The number of amides is 1. The van der Waals surface area contributed by atoms with Gasteiger partial charge in [0, 0.05) is 6.20 Å². The molecule has 2 N–H and O–H groups in total. The van der Waals surface area contributed by atoms with Crippen LogP contribution in [0.5, 0.6) is 0 Å². The third-order valence-corrected chi connectivity index (χ3v) is 2.41. The van der Waals surface area contributed by atoms with Gasteiger partial charge in [-0.25, -0.2) is 4.98 Å². The van der Waals surface area contributed by atoms with Gasteiger partial charge in [0.25, 0.3) is 5.56 Å². The molecule has 0 saturated heterocycles. The lowest BCUT2D eigenvalue weighted by Crippen LogP contribution is -2.12. The number of rotatable bonds is 2. The van der Waals surface area contributed by atoms with Crippen LogP contribution in [0.15, 0.2) is 23.1 Å². The largest absolute Gasteiger partial charge is 0.312 e. The molecule has 0 aliphatic rings. The van der Waals surface area contributed by atoms with E-state index in [9.17, 15) is 9.59 Å². The fourth-order valence-electron chi connectivity index (χ4n) is 1.46. The van der Waals surface area contributed by atoms with Crippen molar-refractivity contribution in [2.45, 2.75) is 6.42 Å². The zero-order valence-electron chi connectivity index (χ0n) is 9.03. The lowest BCUT2D eigenvalue weighted by atomic mass is 10.2. The Morgan fingerprint density at radius 2 is 2.33 bits per heavy atom. The molecule has 2 aromatic heterocycles. The van der Waals surface area contributed by atoms with Crippen LogP contribution in [0.25, 0.3) is 10.8 Å². The van der Waals surface area contributed by atoms with E-state index in [0.29, 0.717) is 10.8 Å². The molecule has 0 aliphatic carbocycles. The van der Waals surface area contributed by atoms with E-state index in [1.54, 1.807) is 12.1 Å². The van der Waals surface area contributed by atoms with Gasteiger partial charge in [-0.1, -0.05) is 11.6 Å². The Hall–Kier alpha value is -2.39. The first-order valence-corrected chi connectivity index (χ1v) is 5.33. The van der Waals surface area contributed by atoms with E-state index in [0.717, 1.165) is 0 Å². The van der Waals surface area contributed by atoms with Crippen molar-refractivity contribution in [1.29, 1.82) is 5.26 Å². The van der Waals surface area contributed by atoms with Gasteiger partial charge in [0.15, 0.2) is 0 Å². The van der Waals surface area contributed by atoms with Crippen molar-refractivity contribution in [3.05, 3.63) is 33.8 Å². The molecule has 0 spiro atoms. The summed E-state index contributed by atoms with van der Waals surface area (Å²) >= 11 is 5.73. The lowest BCUT2D eigenvalue weighted by molar-refractivity contribution is -0.115. The van der Waals surface area contributed by atoms with Crippen molar-refractivity contribution in [2.75, 3.05) is 5.32 Å². The van der Waals surface area contributed by atoms with E-state index in [-0.39, 0.29) is 23.0 Å². The molecule has 1 amide bonds. The summed E-state index contributed by atoms with van der Waals surface area (Å²) in [6.45, 7) is 0. The summed E-state index contributed by atoms with van der Waals surface area (Å²) in [7, 11) is 0. The Kier molecular flexibility index (Phi) is 3.26. The van der Waals surface area contributed by atoms with Crippen LogP contribution in [0.3, 0.4) is 0 Å². The monoisotopic (exact) mass is 262 g/mol. The number of nitrogens with one attached hydrogen (secondary N) is 2. The fourth-order valence-corrected chi connectivity index (χ4v) is 1.66. The summed E-state index contributed by atoms with van der Waals surface area (Å²) < 4.78 is 0. The number of nitriles is 1. The second-order valence-corrected chi connectivity index (χ2v) is 3.89. The molecule has 2 aromatic rings. The van der Waals surface area contributed by atoms with Crippen molar-refractivity contribution in [3.63, 3.8) is 0 Å². The number of carbonyl (C=O) groups excluding carboxylic acids is 1. The molecule has 7 heteroatoms. The minimum absolute atomic E-state index is 0.202. The second-order valence-electron chi connectivity index (χ2n) is 3.49. The highest BCUT2D eigenvalue weighted by Crippen LogP contribution is 2.16. The van der Waals surface area contributed by atoms with Crippen LogP contribution in [-0.2, 0) is 4.79 Å². The topological polar surface area (TPSA) is 98.6 Å². The molecule has 2 heterocycles. The van der Waals surface area contributed by atoms with Crippen molar-refractivity contribution < 1.29 is 4.79 Å². The van der Waals surface area contributed by atoms with E-state index in [1.165, 1.54) is 12.3 Å². The molecule has 0 aromatic carbocycles. The standard InChI is InChI=1S/C11H7ClN4O2/c12-8-3-6-4-9(16-10(17)1-2-13)14-5-7(6)11(18)15-8/h3-5H,1H2,(H,15,18)(H,14,16,17). The number of aromatic nitrogens is 2. The highest BCUT2D eigenvalue weighted by molar-refractivity contribution is 6.30. The molecule has 18 heavy (non-hydrogen) atoms. The maximum Gasteiger partial charge on any atom is 0.258 e. The number of H-pyrrole nitrogens is 1. The maximum atomic E-state index is 11.5. The summed E-state index contributed by atoms with van der Waals surface area (Å²) in [6, 6.07) is 4.80. The minimum atomic E-state index is -0.458.